The van der Waals surface area contributed by atoms with E-state index >= 15 is 0 Å². The van der Waals surface area contributed by atoms with Crippen LogP contribution in [-0.2, 0) is 0 Å². The molecule has 1 fully saturated rings. The van der Waals surface area contributed by atoms with Gasteiger partial charge in [0.2, 0.25) is 0 Å². The van der Waals surface area contributed by atoms with E-state index < -0.39 is 0 Å². The second kappa shape index (κ2) is 9.05. The van der Waals surface area contributed by atoms with Gasteiger partial charge in [0.25, 0.3) is 22.1 Å². The molecule has 0 atom stereocenters. The Kier molecular flexibility index (Phi) is 8.11. The number of unbranched alkanes of at least 4 members (excludes halogenated alkanes) is 2. The lowest BCUT2D eigenvalue weighted by Crippen LogP contribution is -2.64. The first kappa shape index (κ1) is 16.1. The van der Waals surface area contributed by atoms with Gasteiger partial charge in [-0.25, -0.2) is 0 Å². The Bertz CT molecular complexity index is 203. The smallest absolute Gasteiger partial charge is 0.284 e. The first-order valence-electron chi connectivity index (χ1n) is 7.94. The van der Waals surface area contributed by atoms with E-state index in [4.69, 9.17) is 0 Å². The molecule has 3 nitrogen and oxygen atoms in total. The number of hydrogen-bond acceptors (Lipinski definition) is 3. The van der Waals surface area contributed by atoms with Gasteiger partial charge in [-0.05, 0) is 24.6 Å². The predicted molar refractivity (Wildman–Crippen MR) is 86.0 cm³/mol. The molecule has 0 radical (unpaired) electrons. The molecule has 102 valence electrons. The molecular weight excluding hydrogens is 219 g/mol. The van der Waals surface area contributed by atoms with E-state index in [-0.39, 0.29) is 0 Å². The molecule has 0 aromatic rings. The number of hydrogen-bond donors (Lipinski definition) is 3. The lowest BCUT2D eigenvalue weighted by atomic mass is 9.53. The van der Waals surface area contributed by atoms with Gasteiger partial charge in [-0.3, -0.25) is 0 Å². The van der Waals surface area contributed by atoms with E-state index in [1.165, 1.54) is 51.3 Å². The minimum Gasteiger partial charge on any atom is -0.378 e. The highest BCUT2D eigenvalue weighted by Gasteiger charge is 2.33. The Morgan fingerprint density at radius 2 is 1.50 bits per heavy atom. The third-order valence-electron chi connectivity index (χ3n) is 4.46. The summed E-state index contributed by atoms with van der Waals surface area (Å²) in [6.07, 6.45) is 10.8. The Balaban J connectivity index is 2.54. The molecular formula is C12H30B3N3. The van der Waals surface area contributed by atoms with E-state index in [9.17, 15) is 0 Å². The number of rotatable bonds is 9. The van der Waals surface area contributed by atoms with Crippen molar-refractivity contribution in [3.05, 3.63) is 0 Å². The summed E-state index contributed by atoms with van der Waals surface area (Å²) < 4.78 is 0. The van der Waals surface area contributed by atoms with E-state index in [1.807, 2.05) is 0 Å². The topological polar surface area (TPSA) is 36.1 Å². The van der Waals surface area contributed by atoms with Crippen molar-refractivity contribution in [1.29, 1.82) is 0 Å². The zero-order chi connectivity index (χ0) is 13.3. The summed E-state index contributed by atoms with van der Waals surface area (Å²) in [6.45, 7) is 7.49. The van der Waals surface area contributed by atoms with Gasteiger partial charge in [0.1, 0.15) is 0 Å². The predicted octanol–water partition coefficient (Wildman–Crippen LogP) is 1.57. The molecule has 6 heteroatoms. The average Bonchev–Trinajstić information content (AvgIpc) is 2.43. The van der Waals surface area contributed by atoms with Gasteiger partial charge in [-0.2, -0.15) is 0 Å². The minimum atomic E-state index is 0.500. The quantitative estimate of drug-likeness (QED) is 0.542. The maximum absolute atomic E-state index is 3.54. The van der Waals surface area contributed by atoms with Crippen LogP contribution in [0.4, 0.5) is 0 Å². The molecule has 1 aliphatic heterocycles. The van der Waals surface area contributed by atoms with Gasteiger partial charge >= 0.3 is 0 Å². The molecule has 0 aromatic heterocycles. The molecule has 1 aliphatic rings. The van der Waals surface area contributed by atoms with Crippen molar-refractivity contribution in [2.75, 3.05) is 0 Å². The zero-order valence-corrected chi connectivity index (χ0v) is 12.6. The van der Waals surface area contributed by atoms with Gasteiger partial charge in [0.05, 0.1) is 0 Å². The summed E-state index contributed by atoms with van der Waals surface area (Å²) in [5.74, 6) is 0. The summed E-state index contributed by atoms with van der Waals surface area (Å²) >= 11 is 0. The summed E-state index contributed by atoms with van der Waals surface area (Å²) in [7, 11) is 1.89. The van der Waals surface area contributed by atoms with Gasteiger partial charge in [0.15, 0.2) is 0 Å². The van der Waals surface area contributed by atoms with Crippen molar-refractivity contribution in [3.63, 3.8) is 0 Å². The van der Waals surface area contributed by atoms with Crippen LogP contribution in [0.25, 0.3) is 0 Å². The lowest BCUT2D eigenvalue weighted by Gasteiger charge is -2.37. The van der Waals surface area contributed by atoms with Crippen molar-refractivity contribution < 1.29 is 0 Å². The molecule has 1 rings (SSSR count). The minimum absolute atomic E-state index is 0.500. The second-order valence-electron chi connectivity index (χ2n) is 5.83. The van der Waals surface area contributed by atoms with Crippen LogP contribution in [0.1, 0.15) is 65.7 Å². The fraction of sp³-hybridized carbons (Fsp3) is 1.00. The zero-order valence-electron chi connectivity index (χ0n) is 12.6. The van der Waals surface area contributed by atoms with Crippen LogP contribution < -0.4 is 15.4 Å². The Morgan fingerprint density at radius 3 is 1.94 bits per heavy atom. The normalized spacial score (nSPS) is 16.3. The van der Waals surface area contributed by atoms with Crippen LogP contribution in [0.2, 0.25) is 6.32 Å². The van der Waals surface area contributed by atoms with Crippen LogP contribution in [0.15, 0.2) is 0 Å². The lowest BCUT2D eigenvalue weighted by molar-refractivity contribution is 0.243. The molecule has 0 spiro atoms. The first-order valence-corrected chi connectivity index (χ1v) is 7.94. The van der Waals surface area contributed by atoms with Crippen LogP contribution in [0.3, 0.4) is 0 Å². The molecule has 0 aromatic carbocycles. The second-order valence-corrected chi connectivity index (χ2v) is 5.83. The average molecular weight is 249 g/mol. The van der Waals surface area contributed by atoms with Gasteiger partial charge in [0, 0.05) is 0 Å². The molecule has 0 saturated carbocycles. The molecule has 0 unspecified atom stereocenters. The fourth-order valence-corrected chi connectivity index (χ4v) is 3.03. The van der Waals surface area contributed by atoms with Crippen molar-refractivity contribution in [2.24, 2.45) is 5.41 Å². The third kappa shape index (κ3) is 5.37. The van der Waals surface area contributed by atoms with E-state index in [2.05, 4.69) is 36.2 Å². The maximum atomic E-state index is 3.54. The standard InChI is InChI=1S/C12H30B3N3/c1-4-7-9-12(6-3,10-8-5-2)11-15-17-13-16-14-18-15/h13-14,16-18H,4-11H2,1-3H3. The summed E-state index contributed by atoms with van der Waals surface area (Å²) in [4.78, 5) is 0. The largest absolute Gasteiger partial charge is 0.378 e. The molecule has 3 N–H and O–H groups in total. The number of nitrogens with one attached hydrogen (secondary N) is 3. The highest BCUT2D eigenvalue weighted by Crippen LogP contribution is 2.39. The van der Waals surface area contributed by atoms with Crippen molar-refractivity contribution in [1.82, 2.24) is 15.4 Å². The Morgan fingerprint density at radius 1 is 0.944 bits per heavy atom. The SMILES string of the molecule is CCCCC(CC)(CCCC)CB1NBNBN1. The molecule has 0 amide bonds. The Hall–Kier alpha value is 0.0748. The van der Waals surface area contributed by atoms with Crippen LogP contribution in [0, 0.1) is 5.41 Å². The van der Waals surface area contributed by atoms with E-state index in [1.54, 1.807) is 0 Å². The monoisotopic (exact) mass is 249 g/mol. The van der Waals surface area contributed by atoms with E-state index in [0.29, 0.717) is 12.4 Å². The molecule has 0 bridgehead atoms. The van der Waals surface area contributed by atoms with Crippen LogP contribution in [-0.4, -0.2) is 22.1 Å². The van der Waals surface area contributed by atoms with Crippen LogP contribution in [0.5, 0.6) is 0 Å². The van der Waals surface area contributed by atoms with Crippen molar-refractivity contribution >= 4 is 22.1 Å². The molecule has 1 heterocycles. The maximum Gasteiger partial charge on any atom is 0.284 e. The van der Waals surface area contributed by atoms with Gasteiger partial charge in [-0.1, -0.05) is 52.9 Å². The summed E-state index contributed by atoms with van der Waals surface area (Å²) in [5, 5.41) is 10.4. The van der Waals surface area contributed by atoms with Crippen molar-refractivity contribution in [2.45, 2.75) is 72.0 Å². The highest BCUT2D eigenvalue weighted by molar-refractivity contribution is 6.75. The molecule has 1 saturated heterocycles. The van der Waals surface area contributed by atoms with Gasteiger partial charge in [-0.15, -0.1) is 0 Å². The van der Waals surface area contributed by atoms with Crippen molar-refractivity contribution in [3.8, 4) is 0 Å². The summed E-state index contributed by atoms with van der Waals surface area (Å²) in [5.41, 5.74) is 0.550. The van der Waals surface area contributed by atoms with E-state index in [0.717, 1.165) is 15.1 Å². The molecule has 0 aliphatic carbocycles. The van der Waals surface area contributed by atoms with Crippen LogP contribution >= 0.6 is 0 Å². The fourth-order valence-electron chi connectivity index (χ4n) is 3.03. The Labute approximate surface area is 115 Å². The van der Waals surface area contributed by atoms with Gasteiger partial charge < -0.3 is 15.4 Å². The summed E-state index contributed by atoms with van der Waals surface area (Å²) in [6, 6.07) is 0. The highest BCUT2D eigenvalue weighted by atomic mass is 15.0. The first-order chi connectivity index (χ1) is 8.76. The molecule has 18 heavy (non-hydrogen) atoms. The third-order valence-corrected chi connectivity index (χ3v) is 4.46.